The van der Waals surface area contributed by atoms with Crippen LogP contribution in [-0.4, -0.2) is 56.1 Å². The first kappa shape index (κ1) is 17.7. The van der Waals surface area contributed by atoms with Crippen molar-refractivity contribution in [3.63, 3.8) is 0 Å². The number of fused-ring (bicyclic) bond motifs is 1. The molecule has 5 heteroatoms. The van der Waals surface area contributed by atoms with Gasteiger partial charge in [0.05, 0.1) is 20.8 Å². The molecule has 1 atom stereocenters. The molecule has 1 saturated carbocycles. The Morgan fingerprint density at radius 1 is 1.04 bits per heavy atom. The van der Waals surface area contributed by atoms with Crippen LogP contribution in [0.3, 0.4) is 0 Å². The monoisotopic (exact) mass is 358 g/mol. The van der Waals surface area contributed by atoms with E-state index in [9.17, 15) is 4.79 Å². The molecular formula is C21H30N2O3. The van der Waals surface area contributed by atoms with Crippen LogP contribution in [0.5, 0.6) is 11.5 Å². The summed E-state index contributed by atoms with van der Waals surface area (Å²) >= 11 is 0. The second-order valence-electron chi connectivity index (χ2n) is 7.85. The van der Waals surface area contributed by atoms with Crippen LogP contribution in [0.4, 0.5) is 0 Å². The van der Waals surface area contributed by atoms with Crippen molar-refractivity contribution in [2.45, 2.75) is 44.6 Å². The smallest absolute Gasteiger partial charge is 0.236 e. The molecule has 2 fully saturated rings. The number of likely N-dealkylation sites (tertiary alicyclic amines) is 1. The number of carbonyl (C=O) groups is 1. The molecule has 2 heterocycles. The van der Waals surface area contributed by atoms with Crippen LogP contribution in [0.15, 0.2) is 12.1 Å². The summed E-state index contributed by atoms with van der Waals surface area (Å²) < 4.78 is 11.0. The molecule has 0 aromatic heterocycles. The molecule has 2 aliphatic heterocycles. The second-order valence-corrected chi connectivity index (χ2v) is 7.85. The summed E-state index contributed by atoms with van der Waals surface area (Å²) in [7, 11) is 3.38. The largest absolute Gasteiger partial charge is 0.493 e. The van der Waals surface area contributed by atoms with Crippen molar-refractivity contribution >= 4 is 5.91 Å². The van der Waals surface area contributed by atoms with Crippen molar-refractivity contribution in [2.75, 3.05) is 40.4 Å². The minimum Gasteiger partial charge on any atom is -0.493 e. The Bertz CT molecular complexity index is 665. The van der Waals surface area contributed by atoms with Crippen molar-refractivity contribution in [3.05, 3.63) is 23.3 Å². The summed E-state index contributed by atoms with van der Waals surface area (Å²) in [6.07, 6.45) is 7.04. The number of ether oxygens (including phenoxy) is 2. The molecule has 1 amide bonds. The molecular weight excluding hydrogens is 328 g/mol. The molecule has 26 heavy (non-hydrogen) atoms. The van der Waals surface area contributed by atoms with Crippen LogP contribution in [0.25, 0.3) is 0 Å². The zero-order valence-electron chi connectivity index (χ0n) is 16.0. The Hall–Kier alpha value is -1.75. The summed E-state index contributed by atoms with van der Waals surface area (Å²) in [5.41, 5.74) is 2.68. The van der Waals surface area contributed by atoms with Gasteiger partial charge in [-0.2, -0.15) is 0 Å². The van der Waals surface area contributed by atoms with Crippen LogP contribution < -0.4 is 9.47 Å². The standard InChI is InChI=1S/C21H30N2O3/c1-25-18-12-16-8-11-23(14-20(24)22-9-4-3-5-10-22)21(15-6-7-15)17(16)13-19(18)26-2/h12-13,15,21H,3-11,14H2,1-2H3. The predicted molar refractivity (Wildman–Crippen MR) is 101 cm³/mol. The normalized spacial score (nSPS) is 23.5. The van der Waals surface area contributed by atoms with E-state index in [4.69, 9.17) is 9.47 Å². The molecule has 3 aliphatic rings. The van der Waals surface area contributed by atoms with Gasteiger partial charge in [0.1, 0.15) is 0 Å². The maximum absolute atomic E-state index is 12.8. The number of hydrogen-bond donors (Lipinski definition) is 0. The van der Waals surface area contributed by atoms with Gasteiger partial charge in [-0.25, -0.2) is 0 Å². The number of rotatable bonds is 5. The van der Waals surface area contributed by atoms with Crippen molar-refractivity contribution in [1.82, 2.24) is 9.80 Å². The van der Waals surface area contributed by atoms with Crippen molar-refractivity contribution in [2.24, 2.45) is 5.92 Å². The first-order chi connectivity index (χ1) is 12.7. The highest BCUT2D eigenvalue weighted by molar-refractivity contribution is 5.78. The lowest BCUT2D eigenvalue weighted by molar-refractivity contribution is -0.134. The van der Waals surface area contributed by atoms with E-state index >= 15 is 0 Å². The number of nitrogens with zero attached hydrogens (tertiary/aromatic N) is 2. The lowest BCUT2D eigenvalue weighted by Crippen LogP contribution is -2.46. The summed E-state index contributed by atoms with van der Waals surface area (Å²) in [5, 5.41) is 0. The summed E-state index contributed by atoms with van der Waals surface area (Å²) in [6.45, 7) is 3.36. The van der Waals surface area contributed by atoms with Gasteiger partial charge in [-0.3, -0.25) is 9.69 Å². The molecule has 5 nitrogen and oxygen atoms in total. The molecule has 1 aromatic rings. The first-order valence-corrected chi connectivity index (χ1v) is 9.98. The van der Waals surface area contributed by atoms with Crippen molar-refractivity contribution < 1.29 is 14.3 Å². The van der Waals surface area contributed by atoms with E-state index in [2.05, 4.69) is 21.9 Å². The number of hydrogen-bond acceptors (Lipinski definition) is 4. The molecule has 1 aromatic carbocycles. The van der Waals surface area contributed by atoms with Gasteiger partial charge in [-0.15, -0.1) is 0 Å². The van der Waals surface area contributed by atoms with Crippen molar-refractivity contribution in [3.8, 4) is 11.5 Å². The maximum Gasteiger partial charge on any atom is 0.236 e. The molecule has 1 aliphatic carbocycles. The van der Waals surface area contributed by atoms with Crippen LogP contribution in [0.2, 0.25) is 0 Å². The van der Waals surface area contributed by atoms with Crippen molar-refractivity contribution in [1.29, 1.82) is 0 Å². The zero-order valence-corrected chi connectivity index (χ0v) is 16.0. The highest BCUT2D eigenvalue weighted by atomic mass is 16.5. The van der Waals surface area contributed by atoms with Gasteiger partial charge in [0.15, 0.2) is 11.5 Å². The van der Waals surface area contributed by atoms with Gasteiger partial charge < -0.3 is 14.4 Å². The second kappa shape index (κ2) is 7.47. The van der Waals surface area contributed by atoms with E-state index in [1.54, 1.807) is 14.2 Å². The SMILES string of the molecule is COc1cc2c(cc1OC)C(C1CC1)N(CC(=O)N1CCCCC1)CC2. The Morgan fingerprint density at radius 2 is 1.73 bits per heavy atom. The lowest BCUT2D eigenvalue weighted by atomic mass is 9.89. The van der Waals surface area contributed by atoms with E-state index in [0.29, 0.717) is 24.4 Å². The molecule has 1 unspecified atom stereocenters. The quantitative estimate of drug-likeness (QED) is 0.811. The van der Waals surface area contributed by atoms with Gasteiger partial charge in [-0.05, 0) is 67.7 Å². The fourth-order valence-electron chi connectivity index (χ4n) is 4.59. The number of carbonyl (C=O) groups excluding carboxylic acids is 1. The Balaban J connectivity index is 1.57. The number of benzene rings is 1. The molecule has 4 rings (SSSR count). The van der Waals surface area contributed by atoms with Gasteiger partial charge in [-0.1, -0.05) is 0 Å². The molecule has 0 N–H and O–H groups in total. The number of amides is 1. The maximum atomic E-state index is 12.8. The van der Waals surface area contributed by atoms with Gasteiger partial charge in [0.25, 0.3) is 0 Å². The summed E-state index contributed by atoms with van der Waals surface area (Å²) in [5.74, 6) is 2.57. The van der Waals surface area contributed by atoms with Crippen LogP contribution in [0.1, 0.15) is 49.3 Å². The fraction of sp³-hybridized carbons (Fsp3) is 0.667. The van der Waals surface area contributed by atoms with Gasteiger partial charge >= 0.3 is 0 Å². The highest BCUT2D eigenvalue weighted by Crippen LogP contribution is 2.49. The van der Waals surface area contributed by atoms with E-state index in [1.165, 1.54) is 30.4 Å². The van der Waals surface area contributed by atoms with E-state index in [-0.39, 0.29) is 0 Å². The Kier molecular flexibility index (Phi) is 5.07. The minimum atomic E-state index is 0.305. The van der Waals surface area contributed by atoms with Gasteiger partial charge in [0, 0.05) is 25.7 Å². The zero-order chi connectivity index (χ0) is 18.1. The molecule has 1 saturated heterocycles. The highest BCUT2D eigenvalue weighted by Gasteiger charge is 2.41. The Labute approximate surface area is 156 Å². The third-order valence-electron chi connectivity index (χ3n) is 6.14. The minimum absolute atomic E-state index is 0.305. The molecule has 142 valence electrons. The number of methoxy groups -OCH3 is 2. The third-order valence-corrected chi connectivity index (χ3v) is 6.14. The number of piperidine rings is 1. The first-order valence-electron chi connectivity index (χ1n) is 9.98. The summed E-state index contributed by atoms with van der Waals surface area (Å²) in [4.78, 5) is 17.3. The predicted octanol–water partition coefficient (Wildman–Crippen LogP) is 3.03. The Morgan fingerprint density at radius 3 is 2.38 bits per heavy atom. The molecule has 0 radical (unpaired) electrons. The topological polar surface area (TPSA) is 42.0 Å². The molecule has 0 spiro atoms. The van der Waals surface area contributed by atoms with Crippen LogP contribution >= 0.6 is 0 Å². The average Bonchev–Trinajstić information content (AvgIpc) is 3.52. The third kappa shape index (κ3) is 3.41. The lowest BCUT2D eigenvalue weighted by Gasteiger charge is -2.39. The van der Waals surface area contributed by atoms with E-state index in [1.807, 2.05) is 0 Å². The van der Waals surface area contributed by atoms with Crippen LogP contribution in [-0.2, 0) is 11.2 Å². The fourth-order valence-corrected chi connectivity index (χ4v) is 4.59. The average molecular weight is 358 g/mol. The van der Waals surface area contributed by atoms with Crippen LogP contribution in [0, 0.1) is 5.92 Å². The summed E-state index contributed by atoms with van der Waals surface area (Å²) in [6, 6.07) is 4.62. The van der Waals surface area contributed by atoms with E-state index < -0.39 is 0 Å². The molecule has 0 bridgehead atoms. The van der Waals surface area contributed by atoms with Gasteiger partial charge in [0.2, 0.25) is 5.91 Å². The van der Waals surface area contributed by atoms with E-state index in [0.717, 1.165) is 50.4 Å².